The molecule has 2 N–H and O–H groups in total. The fraction of sp³-hybridized carbons (Fsp3) is 0.500. The SMILES string of the molecule is Cc1cccc(CN2CCC[C@](O)(CNCc3cnn(C)c3C)C2=O)c1. The smallest absolute Gasteiger partial charge is 0.256 e. The highest BCUT2D eigenvalue weighted by Gasteiger charge is 2.41. The minimum Gasteiger partial charge on any atom is -0.379 e. The van der Waals surface area contributed by atoms with E-state index in [9.17, 15) is 9.90 Å². The van der Waals surface area contributed by atoms with Crippen molar-refractivity contribution in [1.82, 2.24) is 20.0 Å². The topological polar surface area (TPSA) is 70.4 Å². The molecule has 1 fully saturated rings. The lowest BCUT2D eigenvalue weighted by Crippen LogP contribution is -2.57. The number of amides is 1. The first-order valence-electron chi connectivity index (χ1n) is 9.14. The molecule has 1 aliphatic rings. The number of aliphatic hydroxyl groups is 1. The van der Waals surface area contributed by atoms with Gasteiger partial charge >= 0.3 is 0 Å². The molecule has 0 unspecified atom stereocenters. The van der Waals surface area contributed by atoms with Crippen LogP contribution in [-0.4, -0.2) is 44.4 Å². The number of benzene rings is 1. The molecule has 0 saturated carbocycles. The summed E-state index contributed by atoms with van der Waals surface area (Å²) >= 11 is 0. The van der Waals surface area contributed by atoms with E-state index >= 15 is 0 Å². The van der Waals surface area contributed by atoms with E-state index in [2.05, 4.69) is 16.5 Å². The number of piperidine rings is 1. The lowest BCUT2D eigenvalue weighted by molar-refractivity contribution is -0.157. The molecular weight excluding hydrogens is 328 g/mol. The Morgan fingerprint density at radius 3 is 2.85 bits per heavy atom. The highest BCUT2D eigenvalue weighted by molar-refractivity contribution is 5.86. The normalized spacial score (nSPS) is 20.6. The average Bonchev–Trinajstić information content (AvgIpc) is 2.91. The van der Waals surface area contributed by atoms with Gasteiger partial charge in [-0.2, -0.15) is 5.10 Å². The number of aromatic nitrogens is 2. The van der Waals surface area contributed by atoms with E-state index in [1.165, 1.54) is 5.56 Å². The summed E-state index contributed by atoms with van der Waals surface area (Å²) in [5.41, 5.74) is 3.10. The van der Waals surface area contributed by atoms with E-state index < -0.39 is 5.60 Å². The summed E-state index contributed by atoms with van der Waals surface area (Å²) < 4.78 is 1.82. The van der Waals surface area contributed by atoms with Crippen molar-refractivity contribution in [2.45, 2.75) is 45.4 Å². The molecule has 1 aliphatic heterocycles. The number of nitrogens with one attached hydrogen (secondary N) is 1. The second-order valence-electron chi connectivity index (χ2n) is 7.33. The van der Waals surface area contributed by atoms with E-state index in [0.717, 1.165) is 23.2 Å². The first-order valence-corrected chi connectivity index (χ1v) is 9.14. The van der Waals surface area contributed by atoms with Crippen molar-refractivity contribution in [2.24, 2.45) is 7.05 Å². The van der Waals surface area contributed by atoms with Gasteiger partial charge in [0.1, 0.15) is 0 Å². The summed E-state index contributed by atoms with van der Waals surface area (Å²) in [6.07, 6.45) is 3.12. The maximum atomic E-state index is 12.9. The summed E-state index contributed by atoms with van der Waals surface area (Å²) in [4.78, 5) is 14.6. The molecule has 1 atom stereocenters. The van der Waals surface area contributed by atoms with Crippen LogP contribution < -0.4 is 5.32 Å². The summed E-state index contributed by atoms with van der Waals surface area (Å²) in [6.45, 7) is 6.13. The van der Waals surface area contributed by atoms with Crippen molar-refractivity contribution in [2.75, 3.05) is 13.1 Å². The van der Waals surface area contributed by atoms with Crippen LogP contribution in [0.5, 0.6) is 0 Å². The molecule has 1 aromatic carbocycles. The summed E-state index contributed by atoms with van der Waals surface area (Å²) in [5, 5.41) is 18.4. The Morgan fingerprint density at radius 1 is 1.35 bits per heavy atom. The Morgan fingerprint density at radius 2 is 2.15 bits per heavy atom. The van der Waals surface area contributed by atoms with Gasteiger partial charge in [0.2, 0.25) is 0 Å². The number of rotatable bonds is 6. The number of carbonyl (C=O) groups is 1. The van der Waals surface area contributed by atoms with Gasteiger partial charge in [0.15, 0.2) is 5.60 Å². The Bertz CT molecular complexity index is 786. The van der Waals surface area contributed by atoms with Gasteiger partial charge in [-0.25, -0.2) is 0 Å². The molecule has 6 nitrogen and oxygen atoms in total. The summed E-state index contributed by atoms with van der Waals surface area (Å²) in [5.74, 6) is -0.180. The van der Waals surface area contributed by atoms with Gasteiger partial charge in [-0.15, -0.1) is 0 Å². The van der Waals surface area contributed by atoms with Gasteiger partial charge in [0.25, 0.3) is 5.91 Å². The third-order valence-corrected chi connectivity index (χ3v) is 5.23. The van der Waals surface area contributed by atoms with E-state index in [-0.39, 0.29) is 12.5 Å². The lowest BCUT2D eigenvalue weighted by atomic mass is 9.91. The van der Waals surface area contributed by atoms with Crippen LogP contribution >= 0.6 is 0 Å². The van der Waals surface area contributed by atoms with Crippen LogP contribution in [0.2, 0.25) is 0 Å². The molecule has 3 rings (SSSR count). The Hall–Kier alpha value is -2.18. The summed E-state index contributed by atoms with van der Waals surface area (Å²) in [6, 6.07) is 8.16. The number of nitrogens with zero attached hydrogens (tertiary/aromatic N) is 3. The first kappa shape index (κ1) is 18.6. The van der Waals surface area contributed by atoms with Crippen molar-refractivity contribution in [3.63, 3.8) is 0 Å². The molecule has 0 bridgehead atoms. The quantitative estimate of drug-likeness (QED) is 0.826. The number of hydrogen-bond donors (Lipinski definition) is 2. The maximum Gasteiger partial charge on any atom is 0.256 e. The van der Waals surface area contributed by atoms with Crippen LogP contribution in [0.4, 0.5) is 0 Å². The zero-order chi connectivity index (χ0) is 18.7. The summed E-state index contributed by atoms with van der Waals surface area (Å²) in [7, 11) is 1.90. The molecule has 1 saturated heterocycles. The van der Waals surface area contributed by atoms with Crippen LogP contribution in [0.25, 0.3) is 0 Å². The number of aryl methyl sites for hydroxylation is 2. The van der Waals surface area contributed by atoms with Crippen molar-refractivity contribution in [1.29, 1.82) is 0 Å². The molecule has 0 spiro atoms. The van der Waals surface area contributed by atoms with Crippen molar-refractivity contribution in [3.8, 4) is 0 Å². The van der Waals surface area contributed by atoms with E-state index in [1.807, 2.05) is 50.0 Å². The molecule has 26 heavy (non-hydrogen) atoms. The molecule has 0 aliphatic carbocycles. The van der Waals surface area contributed by atoms with Crippen molar-refractivity contribution >= 4 is 5.91 Å². The Balaban J connectivity index is 1.61. The second-order valence-corrected chi connectivity index (χ2v) is 7.33. The van der Waals surface area contributed by atoms with Crippen LogP contribution in [0.3, 0.4) is 0 Å². The number of hydrogen-bond acceptors (Lipinski definition) is 4. The first-order chi connectivity index (χ1) is 12.4. The Labute approximate surface area is 154 Å². The zero-order valence-corrected chi connectivity index (χ0v) is 15.8. The van der Waals surface area contributed by atoms with Gasteiger partial charge in [0.05, 0.1) is 6.20 Å². The number of carbonyl (C=O) groups excluding carboxylic acids is 1. The standard InChI is InChI=1S/C20H28N4O2/c1-15-6-4-7-17(10-15)13-24-9-5-8-20(26,19(24)25)14-21-11-18-12-22-23(3)16(18)2/h4,6-7,10,12,21,26H,5,8-9,11,13-14H2,1-3H3/t20-/m0/s1. The van der Waals surface area contributed by atoms with Crippen molar-refractivity contribution in [3.05, 3.63) is 52.8 Å². The molecule has 2 aromatic rings. The molecule has 6 heteroatoms. The fourth-order valence-electron chi connectivity index (χ4n) is 3.53. The minimum atomic E-state index is -1.34. The van der Waals surface area contributed by atoms with Gasteiger partial charge in [-0.05, 0) is 32.3 Å². The fourth-order valence-corrected chi connectivity index (χ4v) is 3.53. The van der Waals surface area contributed by atoms with Gasteiger partial charge < -0.3 is 15.3 Å². The predicted molar refractivity (Wildman–Crippen MR) is 100 cm³/mol. The van der Waals surface area contributed by atoms with E-state index in [0.29, 0.717) is 26.1 Å². The van der Waals surface area contributed by atoms with E-state index in [4.69, 9.17) is 0 Å². The maximum absolute atomic E-state index is 12.9. The molecule has 1 aromatic heterocycles. The third-order valence-electron chi connectivity index (χ3n) is 5.23. The van der Waals surface area contributed by atoms with E-state index in [1.54, 1.807) is 4.90 Å². The zero-order valence-electron chi connectivity index (χ0n) is 15.8. The monoisotopic (exact) mass is 356 g/mol. The predicted octanol–water partition coefficient (Wildman–Crippen LogP) is 1.68. The van der Waals surface area contributed by atoms with Crippen LogP contribution in [0.15, 0.2) is 30.5 Å². The molecule has 1 amide bonds. The molecule has 0 radical (unpaired) electrons. The van der Waals surface area contributed by atoms with Gasteiger partial charge in [0, 0.05) is 44.5 Å². The minimum absolute atomic E-state index is 0.180. The van der Waals surface area contributed by atoms with Crippen LogP contribution in [-0.2, 0) is 24.9 Å². The Kier molecular flexibility index (Phi) is 5.44. The van der Waals surface area contributed by atoms with Crippen LogP contribution in [0.1, 0.15) is 35.2 Å². The molecular formula is C20H28N4O2. The second kappa shape index (κ2) is 7.60. The average molecular weight is 356 g/mol. The largest absolute Gasteiger partial charge is 0.379 e. The highest BCUT2D eigenvalue weighted by atomic mass is 16.3. The highest BCUT2D eigenvalue weighted by Crippen LogP contribution is 2.24. The third kappa shape index (κ3) is 3.97. The number of likely N-dealkylation sites (tertiary alicyclic amines) is 1. The lowest BCUT2D eigenvalue weighted by Gasteiger charge is -2.38. The van der Waals surface area contributed by atoms with Gasteiger partial charge in [-0.1, -0.05) is 29.8 Å². The van der Waals surface area contributed by atoms with Crippen LogP contribution in [0, 0.1) is 13.8 Å². The molecule has 140 valence electrons. The molecule has 2 heterocycles. The van der Waals surface area contributed by atoms with Crippen molar-refractivity contribution < 1.29 is 9.90 Å². The van der Waals surface area contributed by atoms with Gasteiger partial charge in [-0.3, -0.25) is 9.48 Å².